The van der Waals surface area contributed by atoms with E-state index in [4.69, 9.17) is 4.74 Å². The summed E-state index contributed by atoms with van der Waals surface area (Å²) in [4.78, 5) is 23.0. The number of piperidine rings is 1. The van der Waals surface area contributed by atoms with Crippen LogP contribution in [0.15, 0.2) is 29.0 Å². The Morgan fingerprint density at radius 3 is 2.84 bits per heavy atom. The first-order valence-electron chi connectivity index (χ1n) is 9.59. The van der Waals surface area contributed by atoms with Crippen molar-refractivity contribution >= 4 is 38.8 Å². The fraction of sp³-hybridized carbons (Fsp3) is 0.350. The molecule has 11 heteroatoms. The molecule has 31 heavy (non-hydrogen) atoms. The number of esters is 1. The molecule has 0 radical (unpaired) electrons. The second-order valence-corrected chi connectivity index (χ2v) is 7.98. The highest BCUT2D eigenvalue weighted by molar-refractivity contribution is 9.10. The summed E-state index contributed by atoms with van der Waals surface area (Å²) in [6.45, 7) is 1.60. The summed E-state index contributed by atoms with van der Waals surface area (Å²) in [6, 6.07) is 3.10. The van der Waals surface area contributed by atoms with E-state index in [1.807, 2.05) is 0 Å². The first kappa shape index (κ1) is 21.6. The molecule has 0 unspecified atom stereocenters. The van der Waals surface area contributed by atoms with Gasteiger partial charge in [-0.3, -0.25) is 0 Å². The normalized spacial score (nSPS) is 17.0. The highest BCUT2D eigenvalue weighted by atomic mass is 79.9. The molecule has 3 aromatic rings. The van der Waals surface area contributed by atoms with Crippen molar-refractivity contribution < 1.29 is 22.7 Å². The Labute approximate surface area is 183 Å². The number of methoxy groups -OCH3 is 1. The van der Waals surface area contributed by atoms with E-state index in [-0.39, 0.29) is 28.8 Å². The number of anilines is 1. The van der Waals surface area contributed by atoms with Crippen LogP contribution in [0.25, 0.3) is 22.2 Å². The molecule has 0 amide bonds. The van der Waals surface area contributed by atoms with Gasteiger partial charge in [0.25, 0.3) is 0 Å². The minimum absolute atomic E-state index is 0.0399. The van der Waals surface area contributed by atoms with Crippen molar-refractivity contribution in [1.29, 1.82) is 0 Å². The number of alkyl halides is 3. The van der Waals surface area contributed by atoms with Crippen LogP contribution in [0.2, 0.25) is 0 Å². The summed E-state index contributed by atoms with van der Waals surface area (Å²) in [6.07, 6.45) is -0.544. The maximum Gasteiger partial charge on any atom is 0.419 e. The molecular formula is C20H19BrF3N5O2. The standard InChI is InChI=1S/C20H19BrF3N5O2/c1-31-18(30)12-5-4-11-13(8-26-17(11)15(12)21)16-14(20(22,23)24)9-27-19(29-16)28-10-3-2-6-25-7-10/h4-5,8-10,25-26H,2-3,6-7H2,1H3,(H,27,28,29)/t10-/m0/s1. The molecular weight excluding hydrogens is 479 g/mol. The van der Waals surface area contributed by atoms with E-state index in [0.29, 0.717) is 21.9 Å². The first-order valence-corrected chi connectivity index (χ1v) is 10.4. The number of hydrogen-bond donors (Lipinski definition) is 3. The van der Waals surface area contributed by atoms with Gasteiger partial charge in [0, 0.05) is 35.9 Å². The maximum absolute atomic E-state index is 13.7. The Hall–Kier alpha value is -2.66. The predicted molar refractivity (Wildman–Crippen MR) is 113 cm³/mol. The van der Waals surface area contributed by atoms with E-state index in [1.54, 1.807) is 6.07 Å². The Morgan fingerprint density at radius 1 is 1.35 bits per heavy atom. The molecule has 1 fully saturated rings. The van der Waals surface area contributed by atoms with E-state index in [2.05, 4.69) is 41.5 Å². The highest BCUT2D eigenvalue weighted by Gasteiger charge is 2.36. The smallest absolute Gasteiger partial charge is 0.419 e. The molecule has 0 spiro atoms. The summed E-state index contributed by atoms with van der Waals surface area (Å²) in [5.41, 5.74) is -0.191. The zero-order valence-corrected chi connectivity index (χ0v) is 18.0. The molecule has 1 aromatic carbocycles. The topological polar surface area (TPSA) is 91.9 Å². The predicted octanol–water partition coefficient (Wildman–Crippen LogP) is 4.36. The lowest BCUT2D eigenvalue weighted by Crippen LogP contribution is -2.38. The van der Waals surface area contributed by atoms with Crippen molar-refractivity contribution in [2.24, 2.45) is 0 Å². The van der Waals surface area contributed by atoms with Gasteiger partial charge in [0.1, 0.15) is 5.56 Å². The average molecular weight is 498 g/mol. The van der Waals surface area contributed by atoms with Crippen LogP contribution in [0.4, 0.5) is 19.1 Å². The van der Waals surface area contributed by atoms with Gasteiger partial charge in [-0.1, -0.05) is 6.07 Å². The molecule has 7 nitrogen and oxygen atoms in total. The number of benzene rings is 1. The second-order valence-electron chi connectivity index (χ2n) is 7.18. The van der Waals surface area contributed by atoms with Crippen molar-refractivity contribution in [3.8, 4) is 11.3 Å². The van der Waals surface area contributed by atoms with Gasteiger partial charge in [-0.05, 0) is 41.4 Å². The maximum atomic E-state index is 13.7. The van der Waals surface area contributed by atoms with Crippen LogP contribution in [0.3, 0.4) is 0 Å². The van der Waals surface area contributed by atoms with Crippen LogP contribution in [0.5, 0.6) is 0 Å². The molecule has 0 aliphatic carbocycles. The highest BCUT2D eigenvalue weighted by Crippen LogP contribution is 2.40. The number of ether oxygens (including phenoxy) is 1. The SMILES string of the molecule is COC(=O)c1ccc2c(-c3nc(N[C@H]4CCCNC4)ncc3C(F)(F)F)c[nH]c2c1Br. The summed E-state index contributed by atoms with van der Waals surface area (Å²) < 4.78 is 46.3. The van der Waals surface area contributed by atoms with Crippen LogP contribution >= 0.6 is 15.9 Å². The number of aromatic amines is 1. The van der Waals surface area contributed by atoms with E-state index in [9.17, 15) is 18.0 Å². The molecule has 0 saturated carbocycles. The number of fused-ring (bicyclic) bond motifs is 1. The summed E-state index contributed by atoms with van der Waals surface area (Å²) in [7, 11) is 1.26. The van der Waals surface area contributed by atoms with E-state index in [0.717, 1.165) is 25.6 Å². The van der Waals surface area contributed by atoms with Crippen molar-refractivity contribution in [2.45, 2.75) is 25.1 Å². The van der Waals surface area contributed by atoms with Gasteiger partial charge in [0.15, 0.2) is 0 Å². The first-order chi connectivity index (χ1) is 14.8. The Bertz CT molecular complexity index is 1130. The molecule has 164 valence electrons. The van der Waals surface area contributed by atoms with Gasteiger partial charge in [0.05, 0.1) is 28.4 Å². The minimum Gasteiger partial charge on any atom is -0.465 e. The third kappa shape index (κ3) is 4.24. The van der Waals surface area contributed by atoms with Crippen LogP contribution in [-0.4, -0.2) is 47.2 Å². The van der Waals surface area contributed by atoms with Crippen LogP contribution < -0.4 is 10.6 Å². The van der Waals surface area contributed by atoms with Gasteiger partial charge in [-0.2, -0.15) is 13.2 Å². The molecule has 1 aliphatic heterocycles. The monoisotopic (exact) mass is 497 g/mol. The zero-order valence-electron chi connectivity index (χ0n) is 16.4. The van der Waals surface area contributed by atoms with Crippen LogP contribution in [0.1, 0.15) is 28.8 Å². The third-order valence-corrected chi connectivity index (χ3v) is 6.00. The number of H-pyrrole nitrogens is 1. The number of carbonyl (C=O) groups excluding carboxylic acids is 1. The number of halogens is 4. The fourth-order valence-corrected chi connectivity index (χ4v) is 4.27. The zero-order chi connectivity index (χ0) is 22.2. The quantitative estimate of drug-likeness (QED) is 0.464. The van der Waals surface area contributed by atoms with E-state index >= 15 is 0 Å². The summed E-state index contributed by atoms with van der Waals surface area (Å²) in [5.74, 6) is -0.424. The Balaban J connectivity index is 1.81. The van der Waals surface area contributed by atoms with Crippen LogP contribution in [-0.2, 0) is 10.9 Å². The van der Waals surface area contributed by atoms with Crippen molar-refractivity contribution in [3.63, 3.8) is 0 Å². The number of nitrogens with one attached hydrogen (secondary N) is 3. The minimum atomic E-state index is -4.63. The van der Waals surface area contributed by atoms with Gasteiger partial charge < -0.3 is 20.4 Å². The largest absolute Gasteiger partial charge is 0.465 e. The van der Waals surface area contributed by atoms with Gasteiger partial charge in [-0.25, -0.2) is 14.8 Å². The van der Waals surface area contributed by atoms with Crippen molar-refractivity contribution in [1.82, 2.24) is 20.3 Å². The van der Waals surface area contributed by atoms with Crippen LogP contribution in [0, 0.1) is 0 Å². The summed E-state index contributed by atoms with van der Waals surface area (Å²) in [5, 5.41) is 6.84. The molecule has 1 atom stereocenters. The summed E-state index contributed by atoms with van der Waals surface area (Å²) >= 11 is 3.34. The number of rotatable bonds is 4. The number of carbonyl (C=O) groups is 1. The average Bonchev–Trinajstić information content (AvgIpc) is 3.18. The van der Waals surface area contributed by atoms with E-state index < -0.39 is 17.7 Å². The Morgan fingerprint density at radius 2 is 2.16 bits per heavy atom. The van der Waals surface area contributed by atoms with Gasteiger partial charge >= 0.3 is 12.1 Å². The lowest BCUT2D eigenvalue weighted by molar-refractivity contribution is -0.137. The Kier molecular flexibility index (Phi) is 5.89. The molecule has 3 heterocycles. The van der Waals surface area contributed by atoms with E-state index in [1.165, 1.54) is 19.4 Å². The molecule has 1 saturated heterocycles. The third-order valence-electron chi connectivity index (χ3n) is 5.18. The lowest BCUT2D eigenvalue weighted by Gasteiger charge is -2.24. The van der Waals surface area contributed by atoms with Crippen molar-refractivity contribution in [2.75, 3.05) is 25.5 Å². The molecule has 4 rings (SSSR count). The molecule has 2 aromatic heterocycles. The molecule has 3 N–H and O–H groups in total. The molecule has 0 bridgehead atoms. The lowest BCUT2D eigenvalue weighted by atomic mass is 10.0. The van der Waals surface area contributed by atoms with Gasteiger partial charge in [-0.15, -0.1) is 0 Å². The fourth-order valence-electron chi connectivity index (χ4n) is 3.65. The van der Waals surface area contributed by atoms with Gasteiger partial charge in [0.2, 0.25) is 5.95 Å². The van der Waals surface area contributed by atoms with Crippen molar-refractivity contribution in [3.05, 3.63) is 40.1 Å². The number of hydrogen-bond acceptors (Lipinski definition) is 6. The molecule has 1 aliphatic rings. The number of aromatic nitrogens is 3. The second kappa shape index (κ2) is 8.46. The number of nitrogens with zero attached hydrogens (tertiary/aromatic N) is 2.